The monoisotopic (exact) mass is 515 g/mol. The Hall–Kier alpha value is -3.71. The van der Waals surface area contributed by atoms with Crippen molar-refractivity contribution in [2.75, 3.05) is 39.8 Å². The number of fused-ring (bicyclic) bond motifs is 1. The fourth-order valence-corrected chi connectivity index (χ4v) is 5.70. The van der Waals surface area contributed by atoms with Crippen LogP contribution in [-0.2, 0) is 11.3 Å². The van der Waals surface area contributed by atoms with E-state index in [0.29, 0.717) is 24.4 Å². The highest BCUT2D eigenvalue weighted by Crippen LogP contribution is 2.44. The van der Waals surface area contributed by atoms with Gasteiger partial charge in [0, 0.05) is 38.3 Å². The minimum atomic E-state index is -0.560. The Labute approximate surface area is 223 Å². The first kappa shape index (κ1) is 25.9. The van der Waals surface area contributed by atoms with Gasteiger partial charge in [0.1, 0.15) is 11.6 Å². The summed E-state index contributed by atoms with van der Waals surface area (Å²) in [7, 11) is 1.61. The zero-order valence-corrected chi connectivity index (χ0v) is 22.0. The molecule has 3 aromatic rings. The molecule has 7 heteroatoms. The van der Waals surface area contributed by atoms with E-state index in [2.05, 4.69) is 11.8 Å². The number of carbonyl (C=O) groups is 2. The lowest BCUT2D eigenvalue weighted by atomic mass is 9.78. The van der Waals surface area contributed by atoms with E-state index in [4.69, 9.17) is 4.74 Å². The van der Waals surface area contributed by atoms with Crippen LogP contribution in [0.25, 0.3) is 0 Å². The van der Waals surface area contributed by atoms with Crippen LogP contribution in [0.4, 0.5) is 4.39 Å². The molecule has 2 atom stereocenters. The molecule has 0 saturated carbocycles. The average molecular weight is 516 g/mol. The highest BCUT2D eigenvalue weighted by Gasteiger charge is 2.45. The van der Waals surface area contributed by atoms with Crippen molar-refractivity contribution in [1.29, 1.82) is 0 Å². The molecule has 2 heterocycles. The standard InChI is InChI=1S/C31H34FN3O3/c1-3-16-33-17-19-34(20-18-33)31(37)28-26-6-4-5-7-27(26)30(36)35(21-22-8-12-24(32)13-9-22)29(28)23-10-14-25(38-2)15-11-23/h4-15,28-29H,3,16-21H2,1-2H3. The second kappa shape index (κ2) is 11.4. The normalized spacial score (nSPS) is 19.8. The van der Waals surface area contributed by atoms with Crippen LogP contribution in [0.15, 0.2) is 72.8 Å². The van der Waals surface area contributed by atoms with E-state index in [1.54, 1.807) is 30.2 Å². The number of ether oxygens (including phenoxy) is 1. The van der Waals surface area contributed by atoms with E-state index in [1.165, 1.54) is 12.1 Å². The summed E-state index contributed by atoms with van der Waals surface area (Å²) in [5.41, 5.74) is 2.97. The molecule has 3 aromatic carbocycles. The summed E-state index contributed by atoms with van der Waals surface area (Å²) >= 11 is 0. The predicted molar refractivity (Wildman–Crippen MR) is 145 cm³/mol. The van der Waals surface area contributed by atoms with Crippen LogP contribution >= 0.6 is 0 Å². The van der Waals surface area contributed by atoms with Crippen molar-refractivity contribution in [2.24, 2.45) is 0 Å². The van der Waals surface area contributed by atoms with E-state index in [0.717, 1.165) is 42.7 Å². The number of nitrogens with zero attached hydrogens (tertiary/aromatic N) is 3. The Kier molecular flexibility index (Phi) is 7.74. The number of rotatable bonds is 7. The van der Waals surface area contributed by atoms with Crippen LogP contribution in [0.2, 0.25) is 0 Å². The van der Waals surface area contributed by atoms with Gasteiger partial charge in [-0.25, -0.2) is 4.39 Å². The first-order valence-electron chi connectivity index (χ1n) is 13.3. The SMILES string of the molecule is CCCN1CCN(C(=O)C2c3ccccc3C(=O)N(Cc3ccc(F)cc3)C2c2ccc(OC)cc2)CC1. The second-order valence-corrected chi connectivity index (χ2v) is 10.0. The van der Waals surface area contributed by atoms with Gasteiger partial charge in [-0.2, -0.15) is 0 Å². The van der Waals surface area contributed by atoms with Gasteiger partial charge in [-0.1, -0.05) is 49.4 Å². The molecule has 0 bridgehead atoms. The molecule has 2 unspecified atom stereocenters. The van der Waals surface area contributed by atoms with Crippen molar-refractivity contribution in [3.63, 3.8) is 0 Å². The minimum absolute atomic E-state index is 0.0334. The Bertz CT molecular complexity index is 1270. The van der Waals surface area contributed by atoms with Gasteiger partial charge in [-0.15, -0.1) is 0 Å². The predicted octanol–water partition coefficient (Wildman–Crippen LogP) is 4.87. The molecule has 198 valence electrons. The maximum absolute atomic E-state index is 14.3. The van der Waals surface area contributed by atoms with Gasteiger partial charge >= 0.3 is 0 Å². The topological polar surface area (TPSA) is 53.1 Å². The highest BCUT2D eigenvalue weighted by molar-refractivity contribution is 6.01. The molecule has 5 rings (SSSR count). The molecule has 1 fully saturated rings. The molecule has 2 aliphatic heterocycles. The van der Waals surface area contributed by atoms with Gasteiger partial charge in [-0.05, 0) is 60.0 Å². The van der Waals surface area contributed by atoms with Gasteiger partial charge in [-0.3, -0.25) is 14.5 Å². The van der Waals surface area contributed by atoms with Crippen molar-refractivity contribution in [1.82, 2.24) is 14.7 Å². The van der Waals surface area contributed by atoms with E-state index in [1.807, 2.05) is 47.4 Å². The van der Waals surface area contributed by atoms with Crippen LogP contribution in [-0.4, -0.2) is 66.3 Å². The quantitative estimate of drug-likeness (QED) is 0.451. The van der Waals surface area contributed by atoms with Crippen molar-refractivity contribution in [3.8, 4) is 5.75 Å². The van der Waals surface area contributed by atoms with Crippen LogP contribution in [0, 0.1) is 5.82 Å². The van der Waals surface area contributed by atoms with Crippen LogP contribution < -0.4 is 4.74 Å². The lowest BCUT2D eigenvalue weighted by Crippen LogP contribution is -2.53. The van der Waals surface area contributed by atoms with Gasteiger partial charge in [0.25, 0.3) is 5.91 Å². The molecule has 0 spiro atoms. The third kappa shape index (κ3) is 5.16. The molecule has 6 nitrogen and oxygen atoms in total. The number of halogens is 1. The van der Waals surface area contributed by atoms with Gasteiger partial charge < -0.3 is 14.5 Å². The Morgan fingerprint density at radius 3 is 2.29 bits per heavy atom. The smallest absolute Gasteiger partial charge is 0.255 e. The minimum Gasteiger partial charge on any atom is -0.497 e. The van der Waals surface area contributed by atoms with E-state index in [-0.39, 0.29) is 24.2 Å². The Morgan fingerprint density at radius 2 is 1.63 bits per heavy atom. The summed E-state index contributed by atoms with van der Waals surface area (Å²) in [5, 5.41) is 0. The molecule has 0 N–H and O–H groups in total. The molecule has 38 heavy (non-hydrogen) atoms. The maximum atomic E-state index is 14.3. The lowest BCUT2D eigenvalue weighted by Gasteiger charge is -2.44. The number of methoxy groups -OCH3 is 1. The number of piperazine rings is 1. The van der Waals surface area contributed by atoms with Crippen LogP contribution in [0.3, 0.4) is 0 Å². The molecule has 1 saturated heterocycles. The molecule has 0 aromatic heterocycles. The zero-order chi connectivity index (χ0) is 26.6. The van der Waals surface area contributed by atoms with Gasteiger partial charge in [0.15, 0.2) is 0 Å². The third-order valence-electron chi connectivity index (χ3n) is 7.65. The van der Waals surface area contributed by atoms with E-state index < -0.39 is 12.0 Å². The van der Waals surface area contributed by atoms with E-state index in [9.17, 15) is 14.0 Å². The van der Waals surface area contributed by atoms with E-state index >= 15 is 0 Å². The molecule has 2 aliphatic rings. The van der Waals surface area contributed by atoms with Crippen molar-refractivity contribution >= 4 is 11.8 Å². The molecular weight excluding hydrogens is 481 g/mol. The first-order chi connectivity index (χ1) is 18.5. The second-order valence-electron chi connectivity index (χ2n) is 10.0. The van der Waals surface area contributed by atoms with Crippen LogP contribution in [0.5, 0.6) is 5.75 Å². The summed E-state index contributed by atoms with van der Waals surface area (Å²) in [6.07, 6.45) is 1.09. The summed E-state index contributed by atoms with van der Waals surface area (Å²) in [6, 6.07) is 20.7. The first-order valence-corrected chi connectivity index (χ1v) is 13.3. The van der Waals surface area contributed by atoms with Crippen molar-refractivity contribution in [3.05, 3.63) is 101 Å². The number of amides is 2. The van der Waals surface area contributed by atoms with Gasteiger partial charge in [0.05, 0.1) is 19.1 Å². The summed E-state index contributed by atoms with van der Waals surface area (Å²) < 4.78 is 19.0. The number of hydrogen-bond donors (Lipinski definition) is 0. The highest BCUT2D eigenvalue weighted by atomic mass is 19.1. The maximum Gasteiger partial charge on any atom is 0.255 e. The molecule has 0 radical (unpaired) electrons. The zero-order valence-electron chi connectivity index (χ0n) is 22.0. The van der Waals surface area contributed by atoms with Crippen LogP contribution in [0.1, 0.15) is 52.4 Å². The summed E-state index contributed by atoms with van der Waals surface area (Å²) in [4.78, 5) is 34.4. The Balaban J connectivity index is 1.57. The third-order valence-corrected chi connectivity index (χ3v) is 7.65. The van der Waals surface area contributed by atoms with Crippen molar-refractivity contribution < 1.29 is 18.7 Å². The summed E-state index contributed by atoms with van der Waals surface area (Å²) in [6.45, 7) is 6.49. The lowest BCUT2D eigenvalue weighted by molar-refractivity contribution is -0.136. The fourth-order valence-electron chi connectivity index (χ4n) is 5.70. The Morgan fingerprint density at radius 1 is 0.947 bits per heavy atom. The fraction of sp³-hybridized carbons (Fsp3) is 0.355. The summed E-state index contributed by atoms with van der Waals surface area (Å²) in [5.74, 6) is -0.286. The molecule has 0 aliphatic carbocycles. The average Bonchev–Trinajstić information content (AvgIpc) is 2.96. The van der Waals surface area contributed by atoms with Gasteiger partial charge in [0.2, 0.25) is 5.91 Å². The largest absolute Gasteiger partial charge is 0.497 e. The molecule has 2 amide bonds. The number of benzene rings is 3. The number of hydrogen-bond acceptors (Lipinski definition) is 4. The number of carbonyl (C=O) groups excluding carboxylic acids is 2. The van der Waals surface area contributed by atoms with Crippen molar-refractivity contribution in [2.45, 2.75) is 31.8 Å². The molecular formula is C31H34FN3O3.